The molecule has 6 nitrogen and oxygen atoms in total. The van der Waals surface area contributed by atoms with E-state index >= 15 is 0 Å². The minimum atomic E-state index is -3.46. The van der Waals surface area contributed by atoms with Crippen molar-refractivity contribution in [2.45, 2.75) is 23.2 Å². The Bertz CT molecular complexity index is 736. The minimum Gasteiger partial charge on any atom is -0.473 e. The second kappa shape index (κ2) is 6.61. The average Bonchev–Trinajstić information content (AvgIpc) is 2.96. The molecule has 0 radical (unpaired) electrons. The second-order valence-electron chi connectivity index (χ2n) is 4.85. The van der Waals surface area contributed by atoms with Gasteiger partial charge in [0.25, 0.3) is 10.0 Å². The first-order valence-corrected chi connectivity index (χ1v) is 9.79. The van der Waals surface area contributed by atoms with Gasteiger partial charge < -0.3 is 4.74 Å². The number of ether oxygens (including phenoxy) is 1. The van der Waals surface area contributed by atoms with E-state index in [1.165, 1.54) is 22.0 Å². The van der Waals surface area contributed by atoms with Crippen LogP contribution < -0.4 is 4.74 Å². The fraction of sp³-hybridized carbons (Fsp3) is 0.385. The van der Waals surface area contributed by atoms with Gasteiger partial charge in [0.2, 0.25) is 5.88 Å². The maximum Gasteiger partial charge on any atom is 0.252 e. The number of halogens is 1. The fourth-order valence-electron chi connectivity index (χ4n) is 2.30. The monoisotopic (exact) mass is 403 g/mol. The quantitative estimate of drug-likeness (QED) is 0.783. The highest BCUT2D eigenvalue weighted by Gasteiger charge is 2.32. The first-order chi connectivity index (χ1) is 10.6. The van der Waals surface area contributed by atoms with Gasteiger partial charge in [-0.15, -0.1) is 11.3 Å². The van der Waals surface area contributed by atoms with Crippen LogP contribution in [0.2, 0.25) is 0 Å². The number of nitrogens with zero attached hydrogens (tertiary/aromatic N) is 3. The van der Waals surface area contributed by atoms with Gasteiger partial charge in [0.05, 0.1) is 10.3 Å². The van der Waals surface area contributed by atoms with E-state index in [0.29, 0.717) is 23.2 Å². The zero-order valence-corrected chi connectivity index (χ0v) is 14.8. The number of rotatable bonds is 4. The van der Waals surface area contributed by atoms with Crippen molar-refractivity contribution >= 4 is 37.3 Å². The Labute approximate surface area is 141 Å². The predicted octanol–water partition coefficient (Wildman–Crippen LogP) is 2.53. The molecular formula is C13H14BrN3O3S2. The zero-order chi connectivity index (χ0) is 15.6. The van der Waals surface area contributed by atoms with E-state index in [1.54, 1.807) is 24.4 Å². The van der Waals surface area contributed by atoms with Gasteiger partial charge in [0, 0.05) is 18.8 Å². The van der Waals surface area contributed by atoms with Crippen molar-refractivity contribution in [3.8, 4) is 5.88 Å². The van der Waals surface area contributed by atoms with Crippen LogP contribution >= 0.6 is 27.3 Å². The van der Waals surface area contributed by atoms with Crippen molar-refractivity contribution in [3.63, 3.8) is 0 Å². The third-order valence-electron chi connectivity index (χ3n) is 3.33. The summed E-state index contributed by atoms with van der Waals surface area (Å²) < 4.78 is 33.7. The molecule has 0 bridgehead atoms. The van der Waals surface area contributed by atoms with Crippen molar-refractivity contribution < 1.29 is 13.2 Å². The van der Waals surface area contributed by atoms with Crippen LogP contribution in [-0.2, 0) is 10.0 Å². The maximum atomic E-state index is 12.6. The molecule has 1 atom stereocenters. The molecule has 0 aliphatic carbocycles. The number of piperidine rings is 1. The Hall–Kier alpha value is -1.03. The van der Waals surface area contributed by atoms with Gasteiger partial charge in [-0.1, -0.05) is 0 Å². The molecular weight excluding hydrogens is 390 g/mol. The number of aromatic nitrogens is 2. The number of thiophene rings is 1. The molecule has 1 saturated heterocycles. The summed E-state index contributed by atoms with van der Waals surface area (Å²) in [5, 5.41) is 0. The average molecular weight is 404 g/mol. The van der Waals surface area contributed by atoms with Crippen molar-refractivity contribution in [2.24, 2.45) is 0 Å². The lowest BCUT2D eigenvalue weighted by Crippen LogP contribution is -2.44. The van der Waals surface area contributed by atoms with Crippen molar-refractivity contribution in [1.82, 2.24) is 14.3 Å². The fourth-order valence-corrected chi connectivity index (χ4v) is 5.98. The second-order valence-corrected chi connectivity index (χ2v) is 9.48. The van der Waals surface area contributed by atoms with Gasteiger partial charge in [-0.2, -0.15) is 4.31 Å². The van der Waals surface area contributed by atoms with Gasteiger partial charge >= 0.3 is 0 Å². The predicted molar refractivity (Wildman–Crippen MR) is 86.5 cm³/mol. The van der Waals surface area contributed by atoms with Crippen LogP contribution in [0.1, 0.15) is 12.8 Å². The Kier molecular flexibility index (Phi) is 4.76. The molecule has 0 aromatic carbocycles. The molecule has 0 saturated carbocycles. The van der Waals surface area contributed by atoms with Crippen LogP contribution in [0.4, 0.5) is 0 Å². The molecule has 1 aliphatic heterocycles. The van der Waals surface area contributed by atoms with E-state index in [2.05, 4.69) is 25.9 Å². The summed E-state index contributed by atoms with van der Waals surface area (Å²) in [7, 11) is -3.46. The Morgan fingerprint density at radius 1 is 1.36 bits per heavy atom. The zero-order valence-electron chi connectivity index (χ0n) is 11.6. The number of hydrogen-bond donors (Lipinski definition) is 0. The van der Waals surface area contributed by atoms with Crippen LogP contribution in [0.5, 0.6) is 5.88 Å². The summed E-state index contributed by atoms with van der Waals surface area (Å²) in [6.07, 6.45) is 4.39. The Morgan fingerprint density at radius 3 is 2.91 bits per heavy atom. The van der Waals surface area contributed by atoms with Crippen LogP contribution in [-0.4, -0.2) is 41.9 Å². The normalized spacial score (nSPS) is 20.0. The van der Waals surface area contributed by atoms with Crippen LogP contribution in [0.25, 0.3) is 0 Å². The smallest absolute Gasteiger partial charge is 0.252 e. The highest BCUT2D eigenvalue weighted by molar-refractivity contribution is 9.11. The lowest BCUT2D eigenvalue weighted by Gasteiger charge is -2.31. The summed E-state index contributed by atoms with van der Waals surface area (Å²) >= 11 is 4.52. The summed E-state index contributed by atoms with van der Waals surface area (Å²) in [4.78, 5) is 7.85. The van der Waals surface area contributed by atoms with E-state index in [0.717, 1.165) is 16.6 Å². The largest absolute Gasteiger partial charge is 0.473 e. The number of sulfonamides is 1. The van der Waals surface area contributed by atoms with Gasteiger partial charge in [-0.25, -0.2) is 18.4 Å². The summed E-state index contributed by atoms with van der Waals surface area (Å²) in [5.41, 5.74) is 0. The van der Waals surface area contributed by atoms with Crippen LogP contribution in [0, 0.1) is 0 Å². The molecule has 1 fully saturated rings. The highest BCUT2D eigenvalue weighted by Crippen LogP contribution is 2.30. The van der Waals surface area contributed by atoms with E-state index in [4.69, 9.17) is 4.74 Å². The van der Waals surface area contributed by atoms with E-state index in [-0.39, 0.29) is 6.10 Å². The molecule has 22 heavy (non-hydrogen) atoms. The van der Waals surface area contributed by atoms with Crippen molar-refractivity contribution in [2.75, 3.05) is 13.1 Å². The molecule has 9 heteroatoms. The van der Waals surface area contributed by atoms with Gasteiger partial charge in [0.1, 0.15) is 16.6 Å². The third kappa shape index (κ3) is 3.48. The lowest BCUT2D eigenvalue weighted by atomic mass is 10.1. The molecule has 2 aromatic heterocycles. The Morgan fingerprint density at radius 2 is 2.23 bits per heavy atom. The van der Waals surface area contributed by atoms with E-state index in [1.807, 2.05) is 0 Å². The van der Waals surface area contributed by atoms with E-state index < -0.39 is 10.0 Å². The summed E-state index contributed by atoms with van der Waals surface area (Å²) in [6, 6.07) is 5.04. The van der Waals surface area contributed by atoms with Crippen molar-refractivity contribution in [3.05, 3.63) is 34.5 Å². The molecule has 0 amide bonds. The first-order valence-electron chi connectivity index (χ1n) is 6.74. The van der Waals surface area contributed by atoms with Crippen molar-refractivity contribution in [1.29, 1.82) is 0 Å². The molecule has 1 aliphatic rings. The van der Waals surface area contributed by atoms with Gasteiger partial charge in [0.15, 0.2) is 0 Å². The Balaban J connectivity index is 1.73. The molecule has 0 N–H and O–H groups in total. The molecule has 2 aromatic rings. The van der Waals surface area contributed by atoms with Crippen LogP contribution in [0.3, 0.4) is 0 Å². The molecule has 3 rings (SSSR count). The van der Waals surface area contributed by atoms with E-state index in [9.17, 15) is 8.42 Å². The van der Waals surface area contributed by atoms with Crippen LogP contribution in [0.15, 0.2) is 38.7 Å². The highest BCUT2D eigenvalue weighted by atomic mass is 79.9. The molecule has 3 heterocycles. The molecule has 118 valence electrons. The number of hydrogen-bond acceptors (Lipinski definition) is 6. The topological polar surface area (TPSA) is 72.4 Å². The maximum absolute atomic E-state index is 12.6. The lowest BCUT2D eigenvalue weighted by molar-refractivity contribution is 0.124. The SMILES string of the molecule is O=S(=O)(c1ccc(Br)s1)N1CCCC(Oc2ccncn2)C1. The third-order valence-corrected chi connectivity index (χ3v) is 7.28. The summed E-state index contributed by atoms with van der Waals surface area (Å²) in [5.74, 6) is 0.470. The minimum absolute atomic E-state index is 0.193. The molecule has 1 unspecified atom stereocenters. The van der Waals surface area contributed by atoms with Gasteiger partial charge in [-0.3, -0.25) is 0 Å². The van der Waals surface area contributed by atoms with Gasteiger partial charge in [-0.05, 0) is 40.9 Å². The first kappa shape index (κ1) is 15.9. The standard InChI is InChI=1S/C13H14BrN3O3S2/c14-11-3-4-13(21-11)22(18,19)17-7-1-2-10(8-17)20-12-5-6-15-9-16-12/h3-6,9-10H,1-2,7-8H2. The summed E-state index contributed by atoms with van der Waals surface area (Å²) in [6.45, 7) is 0.851. The molecule has 0 spiro atoms.